The summed E-state index contributed by atoms with van der Waals surface area (Å²) < 4.78 is 0. The van der Waals surface area contributed by atoms with Crippen LogP contribution < -0.4 is 5.56 Å². The molecule has 2 nitrogen and oxygen atoms in total. The number of aromatic amines is 1. The Bertz CT molecular complexity index is 327. The van der Waals surface area contributed by atoms with E-state index in [-0.39, 0.29) is 5.56 Å². The molecular formula is C9H11NO. The van der Waals surface area contributed by atoms with Gasteiger partial charge >= 0.3 is 0 Å². The SMILES string of the molecule is C[C@H]1Cc2ccc(=O)[nH]c2C1. The van der Waals surface area contributed by atoms with Gasteiger partial charge in [-0.3, -0.25) is 4.79 Å². The van der Waals surface area contributed by atoms with Crippen molar-refractivity contribution in [2.24, 2.45) is 5.92 Å². The van der Waals surface area contributed by atoms with Gasteiger partial charge in [-0.2, -0.15) is 0 Å². The first-order valence-electron chi connectivity index (χ1n) is 3.97. The number of H-pyrrole nitrogens is 1. The molecule has 1 aromatic heterocycles. The molecule has 0 spiro atoms. The van der Waals surface area contributed by atoms with Gasteiger partial charge in [0.1, 0.15) is 0 Å². The molecule has 0 aliphatic heterocycles. The molecule has 58 valence electrons. The van der Waals surface area contributed by atoms with Crippen molar-refractivity contribution in [1.82, 2.24) is 4.98 Å². The van der Waals surface area contributed by atoms with Crippen LogP contribution in [-0.2, 0) is 12.8 Å². The van der Waals surface area contributed by atoms with Crippen LogP contribution in [0.15, 0.2) is 16.9 Å². The molecule has 0 radical (unpaired) electrons. The summed E-state index contributed by atoms with van der Waals surface area (Å²) in [5, 5.41) is 0. The molecule has 0 saturated carbocycles. The Hall–Kier alpha value is -1.05. The number of hydrogen-bond acceptors (Lipinski definition) is 1. The third-order valence-corrected chi connectivity index (χ3v) is 2.22. The number of nitrogens with one attached hydrogen (secondary N) is 1. The smallest absolute Gasteiger partial charge is 0.248 e. The molecule has 1 aromatic rings. The summed E-state index contributed by atoms with van der Waals surface area (Å²) in [6, 6.07) is 3.55. The minimum absolute atomic E-state index is 0.0258. The lowest BCUT2D eigenvalue weighted by Crippen LogP contribution is -2.06. The lowest BCUT2D eigenvalue weighted by atomic mass is 10.1. The van der Waals surface area contributed by atoms with Crippen LogP contribution in [-0.4, -0.2) is 4.98 Å². The lowest BCUT2D eigenvalue weighted by Gasteiger charge is -1.94. The molecular weight excluding hydrogens is 138 g/mol. The molecule has 0 aromatic carbocycles. The molecule has 1 atom stereocenters. The molecule has 0 saturated heterocycles. The van der Waals surface area contributed by atoms with Crippen LogP contribution in [0.4, 0.5) is 0 Å². The van der Waals surface area contributed by atoms with E-state index in [1.54, 1.807) is 6.07 Å². The summed E-state index contributed by atoms with van der Waals surface area (Å²) in [6.45, 7) is 2.21. The fraction of sp³-hybridized carbons (Fsp3) is 0.444. The fourth-order valence-corrected chi connectivity index (χ4v) is 1.72. The zero-order chi connectivity index (χ0) is 7.84. The van der Waals surface area contributed by atoms with Crippen molar-refractivity contribution in [1.29, 1.82) is 0 Å². The van der Waals surface area contributed by atoms with Crippen LogP contribution in [0.3, 0.4) is 0 Å². The Morgan fingerprint density at radius 3 is 3.09 bits per heavy atom. The zero-order valence-electron chi connectivity index (χ0n) is 6.55. The average Bonchev–Trinajstić information content (AvgIpc) is 2.27. The van der Waals surface area contributed by atoms with Crippen LogP contribution in [0.5, 0.6) is 0 Å². The molecule has 2 heteroatoms. The van der Waals surface area contributed by atoms with E-state index in [9.17, 15) is 4.79 Å². The van der Waals surface area contributed by atoms with Gasteiger partial charge in [0.25, 0.3) is 0 Å². The van der Waals surface area contributed by atoms with Crippen molar-refractivity contribution in [2.45, 2.75) is 19.8 Å². The highest BCUT2D eigenvalue weighted by atomic mass is 16.1. The van der Waals surface area contributed by atoms with E-state index in [4.69, 9.17) is 0 Å². The van der Waals surface area contributed by atoms with Crippen molar-refractivity contribution in [3.05, 3.63) is 33.7 Å². The van der Waals surface area contributed by atoms with Gasteiger partial charge < -0.3 is 4.98 Å². The minimum atomic E-state index is 0.0258. The van der Waals surface area contributed by atoms with Crippen molar-refractivity contribution < 1.29 is 0 Å². The zero-order valence-corrected chi connectivity index (χ0v) is 6.55. The molecule has 0 unspecified atom stereocenters. The van der Waals surface area contributed by atoms with Crippen LogP contribution >= 0.6 is 0 Å². The Balaban J connectivity index is 2.51. The van der Waals surface area contributed by atoms with Crippen molar-refractivity contribution in [3.8, 4) is 0 Å². The quantitative estimate of drug-likeness (QED) is 0.589. The number of rotatable bonds is 0. The number of hydrogen-bond donors (Lipinski definition) is 1. The molecule has 0 fully saturated rings. The second-order valence-electron chi connectivity index (χ2n) is 3.34. The summed E-state index contributed by atoms with van der Waals surface area (Å²) in [5.74, 6) is 0.697. The summed E-state index contributed by atoms with van der Waals surface area (Å²) >= 11 is 0. The van der Waals surface area contributed by atoms with Gasteiger partial charge in [0.05, 0.1) is 0 Å². The van der Waals surface area contributed by atoms with Gasteiger partial charge in [-0.25, -0.2) is 0 Å². The third kappa shape index (κ3) is 1.09. The Morgan fingerprint density at radius 2 is 2.27 bits per heavy atom. The van der Waals surface area contributed by atoms with Crippen molar-refractivity contribution >= 4 is 0 Å². The molecule has 11 heavy (non-hydrogen) atoms. The van der Waals surface area contributed by atoms with Crippen LogP contribution in [0.2, 0.25) is 0 Å². The van der Waals surface area contributed by atoms with Gasteiger partial charge in [-0.15, -0.1) is 0 Å². The maximum absolute atomic E-state index is 10.9. The van der Waals surface area contributed by atoms with Gasteiger partial charge in [0.2, 0.25) is 5.56 Å². The second kappa shape index (κ2) is 2.22. The molecule has 1 N–H and O–H groups in total. The van der Waals surface area contributed by atoms with E-state index in [0.29, 0.717) is 5.92 Å². The average molecular weight is 149 g/mol. The molecule has 0 amide bonds. The van der Waals surface area contributed by atoms with E-state index in [0.717, 1.165) is 18.5 Å². The normalized spacial score (nSPS) is 21.7. The number of pyridine rings is 1. The Kier molecular flexibility index (Phi) is 1.34. The fourth-order valence-electron chi connectivity index (χ4n) is 1.72. The monoisotopic (exact) mass is 149 g/mol. The van der Waals surface area contributed by atoms with E-state index in [1.807, 2.05) is 6.07 Å². The molecule has 0 bridgehead atoms. The lowest BCUT2D eigenvalue weighted by molar-refractivity contribution is 0.623. The summed E-state index contributed by atoms with van der Waals surface area (Å²) in [7, 11) is 0. The number of aromatic nitrogens is 1. The third-order valence-electron chi connectivity index (χ3n) is 2.22. The number of fused-ring (bicyclic) bond motifs is 1. The Labute approximate surface area is 65.3 Å². The first-order chi connectivity index (χ1) is 5.25. The summed E-state index contributed by atoms with van der Waals surface area (Å²) in [5.41, 5.74) is 2.49. The van der Waals surface area contributed by atoms with Crippen LogP contribution in [0, 0.1) is 5.92 Å². The maximum Gasteiger partial charge on any atom is 0.248 e. The predicted molar refractivity (Wildman–Crippen MR) is 43.6 cm³/mol. The van der Waals surface area contributed by atoms with Crippen molar-refractivity contribution in [3.63, 3.8) is 0 Å². The van der Waals surface area contributed by atoms with Crippen LogP contribution in [0.25, 0.3) is 0 Å². The molecule has 2 rings (SSSR count). The minimum Gasteiger partial charge on any atom is -0.326 e. The van der Waals surface area contributed by atoms with E-state index in [1.165, 1.54) is 5.56 Å². The summed E-state index contributed by atoms with van der Waals surface area (Å²) in [4.78, 5) is 13.7. The predicted octanol–water partition coefficient (Wildman–Crippen LogP) is 1.11. The summed E-state index contributed by atoms with van der Waals surface area (Å²) in [6.07, 6.45) is 2.15. The highest BCUT2D eigenvalue weighted by molar-refractivity contribution is 5.25. The van der Waals surface area contributed by atoms with E-state index in [2.05, 4.69) is 11.9 Å². The largest absolute Gasteiger partial charge is 0.326 e. The Morgan fingerprint density at radius 1 is 1.45 bits per heavy atom. The molecule has 1 aliphatic rings. The molecule has 1 aliphatic carbocycles. The highest BCUT2D eigenvalue weighted by Crippen LogP contribution is 2.22. The van der Waals surface area contributed by atoms with Gasteiger partial charge in [0, 0.05) is 11.8 Å². The topological polar surface area (TPSA) is 32.9 Å². The van der Waals surface area contributed by atoms with Crippen LogP contribution in [0.1, 0.15) is 18.2 Å². The first-order valence-corrected chi connectivity index (χ1v) is 3.97. The van der Waals surface area contributed by atoms with Crippen molar-refractivity contribution in [2.75, 3.05) is 0 Å². The van der Waals surface area contributed by atoms with Gasteiger partial charge in [-0.05, 0) is 24.3 Å². The standard InChI is InChI=1S/C9H11NO/c1-6-4-7-2-3-9(11)10-8(7)5-6/h2-3,6H,4-5H2,1H3,(H,10,11)/t6-/m0/s1. The van der Waals surface area contributed by atoms with Gasteiger partial charge in [0.15, 0.2) is 0 Å². The maximum atomic E-state index is 10.9. The molecule has 1 heterocycles. The second-order valence-corrected chi connectivity index (χ2v) is 3.34. The first kappa shape index (κ1) is 6.65. The van der Waals surface area contributed by atoms with E-state index >= 15 is 0 Å². The highest BCUT2D eigenvalue weighted by Gasteiger charge is 2.17. The van der Waals surface area contributed by atoms with Gasteiger partial charge in [-0.1, -0.05) is 13.0 Å². The van der Waals surface area contributed by atoms with E-state index < -0.39 is 0 Å².